The van der Waals surface area contributed by atoms with Gasteiger partial charge in [0.1, 0.15) is 16.5 Å². The molecule has 3 N–H and O–H groups in total. The fourth-order valence-electron chi connectivity index (χ4n) is 3.03. The quantitative estimate of drug-likeness (QED) is 0.214. The van der Waals surface area contributed by atoms with E-state index in [1.807, 2.05) is 0 Å². The first-order valence-electron chi connectivity index (χ1n) is 9.43. The number of anilines is 3. The largest absolute Gasteiger partial charge is 0.423 e. The Bertz CT molecular complexity index is 1310. The number of rotatable bonds is 5. The average Bonchev–Trinajstić information content (AvgIpc) is 3.01. The molecule has 0 atom stereocenters. The summed E-state index contributed by atoms with van der Waals surface area (Å²) in [7, 11) is 0. The van der Waals surface area contributed by atoms with Gasteiger partial charge in [-0.15, -0.1) is 0 Å². The first-order chi connectivity index (χ1) is 15.8. The molecule has 166 valence electrons. The monoisotopic (exact) mass is 501 g/mol. The van der Waals surface area contributed by atoms with Gasteiger partial charge in [0.2, 0.25) is 0 Å². The molecular weight excluding hydrogens is 489 g/mol. The van der Waals surface area contributed by atoms with Crippen LogP contribution in [-0.4, -0.2) is 17.8 Å². The second-order valence-electron chi connectivity index (χ2n) is 6.87. The predicted molar refractivity (Wildman–Crippen MR) is 128 cm³/mol. The Morgan fingerprint density at radius 3 is 2.21 bits per heavy atom. The molecule has 10 heteroatoms. The van der Waals surface area contributed by atoms with E-state index < -0.39 is 17.8 Å². The van der Waals surface area contributed by atoms with Crippen molar-refractivity contribution in [1.82, 2.24) is 0 Å². The zero-order valence-electron chi connectivity index (χ0n) is 16.6. The molecule has 0 saturated carbocycles. The number of nitrogens with one attached hydrogen (secondary N) is 1. The number of benzene rings is 3. The Morgan fingerprint density at radius 1 is 0.879 bits per heavy atom. The van der Waals surface area contributed by atoms with E-state index in [1.54, 1.807) is 42.5 Å². The number of nitrogen functional groups attached to an aromatic ring is 1. The summed E-state index contributed by atoms with van der Waals surface area (Å²) in [5.74, 6) is -1.65. The fraction of sp³-hybridized carbons (Fsp3) is 0. The molecule has 1 heterocycles. The number of halogens is 3. The summed E-state index contributed by atoms with van der Waals surface area (Å²) in [5, 5.41) is 2.76. The van der Waals surface area contributed by atoms with Crippen molar-refractivity contribution in [2.24, 2.45) is 0 Å². The zero-order chi connectivity index (χ0) is 23.7. The zero-order valence-corrected chi connectivity index (χ0v) is 18.9. The van der Waals surface area contributed by atoms with Gasteiger partial charge < -0.3 is 15.8 Å². The van der Waals surface area contributed by atoms with E-state index in [0.717, 1.165) is 4.90 Å². The highest BCUT2D eigenvalue weighted by molar-refractivity contribution is 6.54. The SMILES string of the molecule is Nc1ccc(OC(=O)c2ccc(NC3=C(Cl)C(=O)N(c4cccc(Cl)c4Cl)C3=O)cc2)cc1. The van der Waals surface area contributed by atoms with Crippen LogP contribution in [0.3, 0.4) is 0 Å². The van der Waals surface area contributed by atoms with E-state index in [9.17, 15) is 14.4 Å². The number of nitrogens with zero attached hydrogens (tertiary/aromatic N) is 1. The van der Waals surface area contributed by atoms with Crippen molar-refractivity contribution in [3.05, 3.63) is 93.1 Å². The minimum atomic E-state index is -0.739. The van der Waals surface area contributed by atoms with Gasteiger partial charge in [-0.2, -0.15) is 0 Å². The topological polar surface area (TPSA) is 102 Å². The van der Waals surface area contributed by atoms with Crippen LogP contribution in [0.25, 0.3) is 0 Å². The summed E-state index contributed by atoms with van der Waals surface area (Å²) in [5.41, 5.74) is 6.86. The number of imide groups is 1. The maximum atomic E-state index is 12.9. The molecule has 0 aliphatic carbocycles. The van der Waals surface area contributed by atoms with Crippen molar-refractivity contribution >= 4 is 69.6 Å². The molecular formula is C23H14Cl3N3O4. The standard InChI is InChI=1S/C23H14Cl3N3O4/c24-16-2-1-3-17(18(16)25)29-21(30)19(26)20(22(29)31)28-14-8-4-12(5-9-14)23(32)33-15-10-6-13(27)7-11-15/h1-11,28H,27H2. The Labute approximate surface area is 203 Å². The summed E-state index contributed by atoms with van der Waals surface area (Å²) >= 11 is 18.3. The third-order valence-electron chi connectivity index (χ3n) is 4.68. The highest BCUT2D eigenvalue weighted by Crippen LogP contribution is 2.37. The van der Waals surface area contributed by atoms with Crippen LogP contribution < -0.4 is 20.7 Å². The van der Waals surface area contributed by atoms with E-state index in [-0.39, 0.29) is 32.0 Å². The minimum Gasteiger partial charge on any atom is -0.423 e. The molecule has 3 aromatic carbocycles. The minimum absolute atomic E-state index is 0.0514. The lowest BCUT2D eigenvalue weighted by molar-refractivity contribution is -0.120. The number of carbonyl (C=O) groups is 3. The van der Waals surface area contributed by atoms with Crippen LogP contribution in [0.2, 0.25) is 10.0 Å². The smallest absolute Gasteiger partial charge is 0.343 e. The molecule has 4 rings (SSSR count). The van der Waals surface area contributed by atoms with Gasteiger partial charge >= 0.3 is 5.97 Å². The number of amides is 2. The van der Waals surface area contributed by atoms with Crippen LogP contribution in [-0.2, 0) is 9.59 Å². The number of hydrogen-bond acceptors (Lipinski definition) is 6. The van der Waals surface area contributed by atoms with Crippen LogP contribution >= 0.6 is 34.8 Å². The van der Waals surface area contributed by atoms with Gasteiger partial charge in [0.15, 0.2) is 0 Å². The molecule has 2 amide bonds. The third-order valence-corrected chi connectivity index (χ3v) is 5.84. The molecule has 0 radical (unpaired) electrons. The van der Waals surface area contributed by atoms with Gasteiger partial charge in [-0.1, -0.05) is 40.9 Å². The van der Waals surface area contributed by atoms with Crippen LogP contribution in [0.15, 0.2) is 77.5 Å². The number of nitrogens with two attached hydrogens (primary N) is 1. The van der Waals surface area contributed by atoms with Crippen LogP contribution in [0.1, 0.15) is 10.4 Å². The lowest BCUT2D eigenvalue weighted by Crippen LogP contribution is -2.32. The Balaban J connectivity index is 1.50. The Kier molecular flexibility index (Phi) is 6.29. The third kappa shape index (κ3) is 4.52. The van der Waals surface area contributed by atoms with E-state index in [0.29, 0.717) is 17.1 Å². The average molecular weight is 503 g/mol. The molecule has 33 heavy (non-hydrogen) atoms. The number of hydrogen-bond donors (Lipinski definition) is 2. The Morgan fingerprint density at radius 2 is 1.55 bits per heavy atom. The summed E-state index contributed by atoms with van der Waals surface area (Å²) in [6.45, 7) is 0. The van der Waals surface area contributed by atoms with Crippen molar-refractivity contribution in [3.63, 3.8) is 0 Å². The van der Waals surface area contributed by atoms with E-state index >= 15 is 0 Å². The molecule has 3 aromatic rings. The maximum absolute atomic E-state index is 12.9. The van der Waals surface area contributed by atoms with Crippen LogP contribution in [0.5, 0.6) is 5.75 Å². The van der Waals surface area contributed by atoms with Crippen molar-refractivity contribution < 1.29 is 19.1 Å². The van der Waals surface area contributed by atoms with E-state index in [1.165, 1.54) is 24.3 Å². The van der Waals surface area contributed by atoms with Crippen molar-refractivity contribution in [3.8, 4) is 5.75 Å². The van der Waals surface area contributed by atoms with Crippen LogP contribution in [0.4, 0.5) is 17.1 Å². The highest BCUT2D eigenvalue weighted by Gasteiger charge is 2.40. The number of carbonyl (C=O) groups excluding carboxylic acids is 3. The van der Waals surface area contributed by atoms with E-state index in [4.69, 9.17) is 45.3 Å². The highest BCUT2D eigenvalue weighted by atomic mass is 35.5. The fourth-order valence-corrected chi connectivity index (χ4v) is 3.62. The molecule has 7 nitrogen and oxygen atoms in total. The lowest BCUT2D eigenvalue weighted by atomic mass is 10.2. The summed E-state index contributed by atoms with van der Waals surface area (Å²) in [6.07, 6.45) is 0. The van der Waals surface area contributed by atoms with Crippen molar-refractivity contribution in [1.29, 1.82) is 0 Å². The maximum Gasteiger partial charge on any atom is 0.343 e. The van der Waals surface area contributed by atoms with Gasteiger partial charge in [0.05, 0.1) is 21.3 Å². The van der Waals surface area contributed by atoms with Gasteiger partial charge in [-0.3, -0.25) is 9.59 Å². The van der Waals surface area contributed by atoms with Crippen LogP contribution in [0, 0.1) is 0 Å². The number of ether oxygens (including phenoxy) is 1. The van der Waals surface area contributed by atoms with Gasteiger partial charge in [0.25, 0.3) is 11.8 Å². The normalized spacial score (nSPS) is 13.5. The molecule has 1 aliphatic heterocycles. The first kappa shape index (κ1) is 22.7. The predicted octanol–water partition coefficient (Wildman–Crippen LogP) is 5.23. The van der Waals surface area contributed by atoms with Crippen molar-refractivity contribution in [2.75, 3.05) is 16.0 Å². The van der Waals surface area contributed by atoms with Gasteiger partial charge in [-0.25, -0.2) is 9.69 Å². The second kappa shape index (κ2) is 9.15. The van der Waals surface area contributed by atoms with E-state index in [2.05, 4.69) is 5.32 Å². The van der Waals surface area contributed by atoms with Gasteiger partial charge in [0, 0.05) is 11.4 Å². The number of esters is 1. The molecule has 0 aromatic heterocycles. The van der Waals surface area contributed by atoms with Crippen molar-refractivity contribution in [2.45, 2.75) is 0 Å². The summed E-state index contributed by atoms with van der Waals surface area (Å²) in [4.78, 5) is 38.7. The molecule has 0 unspecified atom stereocenters. The first-order valence-corrected chi connectivity index (χ1v) is 10.6. The molecule has 1 aliphatic rings. The summed E-state index contributed by atoms with van der Waals surface area (Å²) < 4.78 is 5.29. The lowest BCUT2D eigenvalue weighted by Gasteiger charge is -2.17. The summed E-state index contributed by atoms with van der Waals surface area (Å²) in [6, 6.07) is 17.1. The van der Waals surface area contributed by atoms with Gasteiger partial charge in [-0.05, 0) is 60.7 Å². The molecule has 0 bridgehead atoms. The molecule has 0 fully saturated rings. The second-order valence-corrected chi connectivity index (χ2v) is 8.03. The molecule has 0 saturated heterocycles. The Hall–Kier alpha value is -3.52. The molecule has 0 spiro atoms.